The minimum Gasteiger partial charge on any atom is -0.352 e. The zero-order valence-electron chi connectivity index (χ0n) is 18.2. The number of carbonyl (C=O) groups is 2. The van der Waals surface area contributed by atoms with E-state index in [-0.39, 0.29) is 41.8 Å². The summed E-state index contributed by atoms with van der Waals surface area (Å²) in [7, 11) is 0. The Balaban J connectivity index is 2.12. The minimum atomic E-state index is -0.613. The zero-order chi connectivity index (χ0) is 22.8. The second-order valence-electron chi connectivity index (χ2n) is 7.51. The Kier molecular flexibility index (Phi) is 9.98. The molecule has 2 aromatic rings. The van der Waals surface area contributed by atoms with Crippen LogP contribution in [0.1, 0.15) is 44.7 Å². The molecule has 2 atom stereocenters. The fraction of sp³-hybridized carbons (Fsp3) is 0.417. The summed E-state index contributed by atoms with van der Waals surface area (Å²) in [5.41, 5.74) is 1.68. The second-order valence-corrected chi connectivity index (χ2v) is 8.49. The first-order valence-electron chi connectivity index (χ1n) is 10.5. The van der Waals surface area contributed by atoms with Gasteiger partial charge in [0.1, 0.15) is 17.7 Å². The molecule has 7 heteroatoms. The van der Waals surface area contributed by atoms with Crippen molar-refractivity contribution in [2.24, 2.45) is 0 Å². The zero-order valence-corrected chi connectivity index (χ0v) is 19.1. The second kappa shape index (κ2) is 12.4. The van der Waals surface area contributed by atoms with E-state index < -0.39 is 6.04 Å². The van der Waals surface area contributed by atoms with Crippen molar-refractivity contribution in [3.63, 3.8) is 0 Å². The lowest BCUT2D eigenvalue weighted by Crippen LogP contribution is -2.51. The number of nitrogens with one attached hydrogen (secondary N) is 1. The van der Waals surface area contributed by atoms with Gasteiger partial charge in [-0.3, -0.25) is 9.59 Å². The van der Waals surface area contributed by atoms with Crippen LogP contribution in [0.25, 0.3) is 0 Å². The average Bonchev–Trinajstić information content (AvgIpc) is 2.76. The molecule has 0 unspecified atom stereocenters. The smallest absolute Gasteiger partial charge is 0.243 e. The van der Waals surface area contributed by atoms with Crippen LogP contribution in [-0.2, 0) is 21.9 Å². The summed E-state index contributed by atoms with van der Waals surface area (Å²) in [5, 5.41) is 2.96. The Morgan fingerprint density at radius 2 is 1.48 bits per heavy atom. The Morgan fingerprint density at radius 1 is 0.935 bits per heavy atom. The number of amides is 2. The van der Waals surface area contributed by atoms with Gasteiger partial charge in [0.25, 0.3) is 0 Å². The van der Waals surface area contributed by atoms with Crippen LogP contribution in [0.3, 0.4) is 0 Å². The SMILES string of the molecule is CC[C@H](C(=O)N[C@@H](C)CC)N(Cc1ccc(F)cc1)C(=O)CSCc1ccc(F)cc1. The molecule has 0 fully saturated rings. The molecule has 0 spiro atoms. The number of hydrogen-bond acceptors (Lipinski definition) is 3. The number of thioether (sulfide) groups is 1. The molecule has 31 heavy (non-hydrogen) atoms. The molecule has 1 N–H and O–H groups in total. The van der Waals surface area contributed by atoms with Gasteiger partial charge in [-0.2, -0.15) is 0 Å². The van der Waals surface area contributed by atoms with Crippen molar-refractivity contribution in [2.45, 2.75) is 58.0 Å². The number of nitrogens with zero attached hydrogens (tertiary/aromatic N) is 1. The lowest BCUT2D eigenvalue weighted by atomic mass is 10.1. The molecular weight excluding hydrogens is 418 g/mol. The third kappa shape index (κ3) is 7.98. The molecule has 0 saturated heterocycles. The lowest BCUT2D eigenvalue weighted by Gasteiger charge is -2.31. The summed E-state index contributed by atoms with van der Waals surface area (Å²) in [6.07, 6.45) is 1.26. The molecule has 0 aromatic heterocycles. The molecule has 2 amide bonds. The van der Waals surface area contributed by atoms with Crippen LogP contribution in [0.2, 0.25) is 0 Å². The topological polar surface area (TPSA) is 49.4 Å². The first-order chi connectivity index (χ1) is 14.8. The van der Waals surface area contributed by atoms with E-state index in [9.17, 15) is 18.4 Å². The summed E-state index contributed by atoms with van der Waals surface area (Å²) in [5.74, 6) is -0.248. The molecule has 168 valence electrons. The molecule has 0 aliphatic heterocycles. The standard InChI is InChI=1S/C24H30F2N2O2S/c1-4-17(3)27-24(30)22(5-2)28(14-18-6-10-20(25)11-7-18)23(29)16-31-15-19-8-12-21(26)13-9-19/h6-13,17,22H,4-5,14-16H2,1-3H3,(H,27,30)/t17-,22+/m0/s1. The summed E-state index contributed by atoms with van der Waals surface area (Å²) >= 11 is 1.41. The first kappa shape index (κ1) is 24.9. The molecule has 0 aliphatic carbocycles. The van der Waals surface area contributed by atoms with Crippen LogP contribution in [0.4, 0.5) is 8.78 Å². The highest BCUT2D eigenvalue weighted by Crippen LogP contribution is 2.18. The van der Waals surface area contributed by atoms with E-state index >= 15 is 0 Å². The van der Waals surface area contributed by atoms with E-state index in [0.29, 0.717) is 12.2 Å². The van der Waals surface area contributed by atoms with Crippen molar-refractivity contribution in [1.82, 2.24) is 10.2 Å². The fourth-order valence-electron chi connectivity index (χ4n) is 3.07. The fourth-order valence-corrected chi connectivity index (χ4v) is 3.94. The molecule has 2 rings (SSSR count). The number of benzene rings is 2. The molecule has 0 saturated carbocycles. The van der Waals surface area contributed by atoms with Crippen LogP contribution in [-0.4, -0.2) is 34.6 Å². The molecule has 0 heterocycles. The minimum absolute atomic E-state index is 0.0113. The van der Waals surface area contributed by atoms with Gasteiger partial charge in [0.15, 0.2) is 0 Å². The van der Waals surface area contributed by atoms with Crippen LogP contribution < -0.4 is 5.32 Å². The monoisotopic (exact) mass is 448 g/mol. The first-order valence-corrected chi connectivity index (χ1v) is 11.7. The molecular formula is C24H30F2N2O2S. The quantitative estimate of drug-likeness (QED) is 0.531. The number of hydrogen-bond donors (Lipinski definition) is 1. The number of rotatable bonds is 11. The van der Waals surface area contributed by atoms with Crippen molar-refractivity contribution in [3.05, 3.63) is 71.3 Å². The van der Waals surface area contributed by atoms with E-state index in [1.165, 1.54) is 36.0 Å². The van der Waals surface area contributed by atoms with Gasteiger partial charge < -0.3 is 10.2 Å². The molecule has 4 nitrogen and oxygen atoms in total. The summed E-state index contributed by atoms with van der Waals surface area (Å²) in [6, 6.07) is 11.5. The lowest BCUT2D eigenvalue weighted by molar-refractivity contribution is -0.139. The molecule has 0 radical (unpaired) electrons. The summed E-state index contributed by atoms with van der Waals surface area (Å²) in [6.45, 7) is 6.01. The normalized spacial score (nSPS) is 12.8. The van der Waals surface area contributed by atoms with Crippen LogP contribution in [0.15, 0.2) is 48.5 Å². The van der Waals surface area contributed by atoms with Crippen LogP contribution in [0, 0.1) is 11.6 Å². The number of carbonyl (C=O) groups excluding carboxylic acids is 2. The van der Waals surface area contributed by atoms with E-state index in [2.05, 4.69) is 5.32 Å². The predicted molar refractivity (Wildman–Crippen MR) is 121 cm³/mol. The van der Waals surface area contributed by atoms with Crippen LogP contribution in [0.5, 0.6) is 0 Å². The molecule has 0 bridgehead atoms. The average molecular weight is 449 g/mol. The number of halogens is 2. The Labute approximate surface area is 187 Å². The Morgan fingerprint density at radius 3 is 2.00 bits per heavy atom. The third-order valence-electron chi connectivity index (χ3n) is 5.06. The van der Waals surface area contributed by atoms with E-state index in [4.69, 9.17) is 0 Å². The van der Waals surface area contributed by atoms with Crippen molar-refractivity contribution in [2.75, 3.05) is 5.75 Å². The summed E-state index contributed by atoms with van der Waals surface area (Å²) < 4.78 is 26.4. The highest BCUT2D eigenvalue weighted by molar-refractivity contribution is 7.99. The van der Waals surface area contributed by atoms with Gasteiger partial charge in [-0.15, -0.1) is 11.8 Å². The van der Waals surface area contributed by atoms with Crippen molar-refractivity contribution >= 4 is 23.6 Å². The van der Waals surface area contributed by atoms with E-state index in [1.807, 2.05) is 20.8 Å². The van der Waals surface area contributed by atoms with Gasteiger partial charge in [0.05, 0.1) is 5.75 Å². The van der Waals surface area contributed by atoms with Gasteiger partial charge in [-0.1, -0.05) is 38.1 Å². The Hall–Kier alpha value is -2.41. The Bertz CT molecular complexity index is 844. The highest BCUT2D eigenvalue weighted by Gasteiger charge is 2.29. The maximum absolute atomic E-state index is 13.3. The van der Waals surface area contributed by atoms with Gasteiger partial charge in [-0.05, 0) is 55.2 Å². The summed E-state index contributed by atoms with van der Waals surface area (Å²) in [4.78, 5) is 27.5. The largest absolute Gasteiger partial charge is 0.352 e. The van der Waals surface area contributed by atoms with Gasteiger partial charge >= 0.3 is 0 Å². The van der Waals surface area contributed by atoms with Gasteiger partial charge in [-0.25, -0.2) is 8.78 Å². The predicted octanol–water partition coefficient (Wildman–Crippen LogP) is 4.92. The van der Waals surface area contributed by atoms with E-state index in [1.54, 1.807) is 29.2 Å². The van der Waals surface area contributed by atoms with Gasteiger partial charge in [0.2, 0.25) is 11.8 Å². The van der Waals surface area contributed by atoms with Crippen molar-refractivity contribution < 1.29 is 18.4 Å². The van der Waals surface area contributed by atoms with Crippen molar-refractivity contribution in [3.8, 4) is 0 Å². The maximum atomic E-state index is 13.3. The van der Waals surface area contributed by atoms with Crippen LogP contribution >= 0.6 is 11.8 Å². The highest BCUT2D eigenvalue weighted by atomic mass is 32.2. The molecule has 0 aliphatic rings. The molecule has 2 aromatic carbocycles. The maximum Gasteiger partial charge on any atom is 0.243 e. The third-order valence-corrected chi connectivity index (χ3v) is 6.05. The van der Waals surface area contributed by atoms with E-state index in [0.717, 1.165) is 17.5 Å². The van der Waals surface area contributed by atoms with Crippen molar-refractivity contribution in [1.29, 1.82) is 0 Å². The van der Waals surface area contributed by atoms with Gasteiger partial charge in [0, 0.05) is 18.3 Å².